The molecule has 1 aliphatic rings. The van der Waals surface area contributed by atoms with Gasteiger partial charge in [-0.05, 0) is 113 Å². The van der Waals surface area contributed by atoms with Crippen molar-refractivity contribution < 1.29 is 72.4 Å². The van der Waals surface area contributed by atoms with E-state index in [2.05, 4.69) is 21.3 Å². The number of cyclic esters (lactones) is 1. The quantitative estimate of drug-likeness (QED) is 0.0899. The van der Waals surface area contributed by atoms with E-state index in [0.29, 0.717) is 26.1 Å². The van der Waals surface area contributed by atoms with Gasteiger partial charge in [0, 0.05) is 55.9 Å². The Balaban J connectivity index is 4.44. The predicted octanol–water partition coefficient (Wildman–Crippen LogP) is 2.35. The summed E-state index contributed by atoms with van der Waals surface area (Å²) in [5.74, 6) is -11.6. The lowest BCUT2D eigenvalue weighted by molar-refractivity contribution is -0.166. The summed E-state index contributed by atoms with van der Waals surface area (Å²) in [6, 6.07) is -12.3. The lowest BCUT2D eigenvalue weighted by Gasteiger charge is -2.40. The van der Waals surface area contributed by atoms with Crippen LogP contribution < -0.4 is 21.3 Å². The fourth-order valence-electron chi connectivity index (χ4n) is 11.3. The highest BCUT2D eigenvalue weighted by molar-refractivity contribution is 5.99. The molecule has 26 heteroatoms. The average Bonchev–Trinajstić information content (AvgIpc) is 0.834. The SMILES string of the molecule is COCCN(C)CC[C@@H](C)C(O)[C@@H]1C(=O)N[C@H](C(C)O)C(=O)N(C)CC(=O)N(C)[C@@H](CC(C)C)C(=O)N[C@H](CC(C)C)C(=O)N(C)[C@@H](CC(C)C)C(=O)N[C@@H](C)C(=O)O[C@@H](C(C)C)C(=O)N(C)[C@@H](CC(C)C)C(=O)N[C@H](CC(C)C)C(=O)N(C)[C@@H](C(C)C)C(=O)N1C. The van der Waals surface area contributed by atoms with Crippen molar-refractivity contribution in [3.8, 4) is 0 Å². The van der Waals surface area contributed by atoms with Crippen LogP contribution in [0.2, 0.25) is 0 Å². The van der Waals surface area contributed by atoms with E-state index in [4.69, 9.17) is 9.47 Å². The van der Waals surface area contributed by atoms with Gasteiger partial charge in [0.25, 0.3) is 5.91 Å². The van der Waals surface area contributed by atoms with Gasteiger partial charge in [0.1, 0.15) is 54.4 Å². The molecule has 0 aromatic carbocycles. The van der Waals surface area contributed by atoms with Gasteiger partial charge < -0.3 is 75.3 Å². The van der Waals surface area contributed by atoms with Crippen LogP contribution in [0.15, 0.2) is 0 Å². The van der Waals surface area contributed by atoms with Crippen molar-refractivity contribution in [3.63, 3.8) is 0 Å². The van der Waals surface area contributed by atoms with E-state index >= 15 is 14.4 Å². The highest BCUT2D eigenvalue weighted by Gasteiger charge is 2.46. The zero-order chi connectivity index (χ0) is 71.3. The highest BCUT2D eigenvalue weighted by atomic mass is 16.6. The number of nitrogens with zero attached hydrogens (tertiary/aromatic N) is 7. The molecule has 0 radical (unpaired) electrons. The van der Waals surface area contributed by atoms with Crippen LogP contribution in [0.4, 0.5) is 0 Å². The highest BCUT2D eigenvalue weighted by Crippen LogP contribution is 2.25. The molecule has 1 heterocycles. The van der Waals surface area contributed by atoms with Gasteiger partial charge in [0.2, 0.25) is 53.2 Å². The zero-order valence-corrected chi connectivity index (χ0v) is 60.5. The fourth-order valence-corrected chi connectivity index (χ4v) is 11.3. The summed E-state index contributed by atoms with van der Waals surface area (Å²) in [6.45, 7) is 30.1. The van der Waals surface area contributed by atoms with Crippen LogP contribution in [0.3, 0.4) is 0 Å². The Morgan fingerprint density at radius 3 is 1.33 bits per heavy atom. The summed E-state index contributed by atoms with van der Waals surface area (Å²) < 4.78 is 11.1. The minimum atomic E-state index is -1.76. The maximum atomic E-state index is 15.3. The van der Waals surface area contributed by atoms with Gasteiger partial charge in [-0.2, -0.15) is 0 Å². The topological polar surface area (TPSA) is 317 Å². The molecule has 1 rings (SSSR count). The number of esters is 1. The number of methoxy groups -OCH3 is 1. The van der Waals surface area contributed by atoms with Crippen LogP contribution in [-0.4, -0.2) is 265 Å². The van der Waals surface area contributed by atoms with Crippen molar-refractivity contribution >= 4 is 65.0 Å². The van der Waals surface area contributed by atoms with Crippen LogP contribution in [0.25, 0.3) is 0 Å². The molecule has 0 spiro atoms. The summed E-state index contributed by atoms with van der Waals surface area (Å²) >= 11 is 0. The number of ether oxygens (including phenoxy) is 2. The lowest BCUT2D eigenvalue weighted by Crippen LogP contribution is -2.64. The molecule has 13 atom stereocenters. The first kappa shape index (κ1) is 84.0. The normalized spacial score (nSPS) is 26.1. The molecular weight excluding hydrogens is 1190 g/mol. The second kappa shape index (κ2) is 39.0. The second-order valence-corrected chi connectivity index (χ2v) is 28.6. The van der Waals surface area contributed by atoms with Crippen LogP contribution in [0.1, 0.15) is 156 Å². The Morgan fingerprint density at radius 1 is 0.500 bits per heavy atom. The van der Waals surface area contributed by atoms with Crippen molar-refractivity contribution in [2.75, 3.05) is 82.7 Å². The van der Waals surface area contributed by atoms with Crippen LogP contribution in [0.5, 0.6) is 0 Å². The molecule has 92 heavy (non-hydrogen) atoms. The molecule has 1 fully saturated rings. The van der Waals surface area contributed by atoms with Crippen molar-refractivity contribution in [1.29, 1.82) is 0 Å². The minimum absolute atomic E-state index is 0.0743. The average molecular weight is 1310 g/mol. The number of hydrogen-bond donors (Lipinski definition) is 6. The van der Waals surface area contributed by atoms with Crippen LogP contribution in [-0.2, 0) is 62.2 Å². The second-order valence-electron chi connectivity index (χ2n) is 28.6. The number of aliphatic hydroxyl groups is 2. The van der Waals surface area contributed by atoms with Crippen molar-refractivity contribution in [1.82, 2.24) is 55.6 Å². The van der Waals surface area contributed by atoms with Crippen molar-refractivity contribution in [2.45, 2.75) is 229 Å². The van der Waals surface area contributed by atoms with Gasteiger partial charge >= 0.3 is 5.97 Å². The number of amides is 10. The van der Waals surface area contributed by atoms with E-state index in [0.717, 1.165) is 14.7 Å². The fraction of sp³-hybridized carbons (Fsp3) is 0.833. The number of likely N-dealkylation sites (N-methyl/N-ethyl adjacent to an activating group) is 7. The number of nitrogens with one attached hydrogen (secondary N) is 4. The molecule has 6 N–H and O–H groups in total. The van der Waals surface area contributed by atoms with E-state index in [-0.39, 0.29) is 61.7 Å². The standard InChI is InChI=1S/C66H121N11O15/c1-36(2)30-46-61(85)74(21)49(33-39(7)8)57(81)67-44(16)66(90)92-56(42(13)14)65(89)75(22)50(34-40(9)10)59(83)69-47(31-37(3)4)62(86)76(23)53(41(11)12)64(88)77(24)54(55(80)43(15)26-27-71(18)28-29-91-25)60(84)70-52(45(17)78)63(87)72(19)35-51(79)73(20)48(32-38(5)6)58(82)68-46/h36-50,52-56,78,80H,26-35H2,1-25H3,(H,67,81)(H,68,82)(H,69,83)(H,70,84)/t43-,44+,45?,46-,47-,48+,49+,50+,52-,53+,54-,55?,56+/m1/s1. The van der Waals surface area contributed by atoms with E-state index in [1.54, 1.807) is 41.7 Å². The third kappa shape index (κ3) is 25.4. The molecule has 0 aromatic rings. The molecule has 10 amide bonds. The largest absolute Gasteiger partial charge is 0.450 e. The van der Waals surface area contributed by atoms with Gasteiger partial charge in [-0.3, -0.25) is 47.9 Å². The molecule has 0 bridgehead atoms. The molecule has 1 saturated heterocycles. The van der Waals surface area contributed by atoms with Crippen molar-refractivity contribution in [3.05, 3.63) is 0 Å². The Morgan fingerprint density at radius 2 is 0.913 bits per heavy atom. The minimum Gasteiger partial charge on any atom is -0.450 e. The summed E-state index contributed by atoms with van der Waals surface area (Å²) in [6.07, 6.45) is -3.88. The van der Waals surface area contributed by atoms with Gasteiger partial charge in [-0.1, -0.05) is 104 Å². The van der Waals surface area contributed by atoms with Gasteiger partial charge in [-0.15, -0.1) is 0 Å². The molecule has 530 valence electrons. The molecule has 1 aliphatic heterocycles. The van der Waals surface area contributed by atoms with E-state index in [1.165, 1.54) is 70.8 Å². The van der Waals surface area contributed by atoms with E-state index in [9.17, 15) is 48.6 Å². The lowest BCUT2D eigenvalue weighted by atomic mass is 9.91. The molecule has 26 nitrogen and oxygen atoms in total. The number of carbonyl (C=O) groups excluding carboxylic acids is 11. The Labute approximate surface area is 550 Å². The molecule has 0 aromatic heterocycles. The van der Waals surface area contributed by atoms with Gasteiger partial charge in [0.05, 0.1) is 25.4 Å². The number of carbonyl (C=O) groups is 11. The maximum Gasteiger partial charge on any atom is 0.329 e. The summed E-state index contributed by atoms with van der Waals surface area (Å²) in [5, 5.41) is 34.6. The number of aliphatic hydroxyl groups excluding tert-OH is 2. The van der Waals surface area contributed by atoms with Gasteiger partial charge in [0.15, 0.2) is 6.10 Å². The molecule has 2 unspecified atom stereocenters. The summed E-state index contributed by atoms with van der Waals surface area (Å²) in [5.41, 5.74) is 0. The Bertz CT molecular complexity index is 2440. The van der Waals surface area contributed by atoms with Gasteiger partial charge in [-0.25, -0.2) is 4.79 Å². The number of hydrogen-bond acceptors (Lipinski definition) is 16. The smallest absolute Gasteiger partial charge is 0.329 e. The first-order valence-corrected chi connectivity index (χ1v) is 33.0. The molecular formula is C66H121N11O15. The molecule has 0 saturated carbocycles. The van der Waals surface area contributed by atoms with E-state index < -0.39 is 162 Å². The third-order valence-corrected chi connectivity index (χ3v) is 17.0. The zero-order valence-electron chi connectivity index (χ0n) is 60.5. The Hall–Kier alpha value is -5.99. The Kier molecular flexibility index (Phi) is 35.6. The monoisotopic (exact) mass is 1310 g/mol. The third-order valence-electron chi connectivity index (χ3n) is 17.0. The van der Waals surface area contributed by atoms with Crippen molar-refractivity contribution in [2.24, 2.45) is 47.3 Å². The summed E-state index contributed by atoms with van der Waals surface area (Å²) in [4.78, 5) is 170. The first-order chi connectivity index (χ1) is 42.4. The maximum absolute atomic E-state index is 15.3. The summed E-state index contributed by atoms with van der Waals surface area (Å²) in [7, 11) is 11.6. The predicted molar refractivity (Wildman–Crippen MR) is 351 cm³/mol. The molecule has 0 aliphatic carbocycles. The van der Waals surface area contributed by atoms with Crippen LogP contribution >= 0.6 is 0 Å². The van der Waals surface area contributed by atoms with Crippen LogP contribution in [0, 0.1) is 47.3 Å². The first-order valence-electron chi connectivity index (χ1n) is 33.0. The number of rotatable bonds is 21. The van der Waals surface area contributed by atoms with E-state index in [1.807, 2.05) is 81.2 Å².